The quantitative estimate of drug-likeness (QED) is 0.438. The lowest BCUT2D eigenvalue weighted by Crippen LogP contribution is -2.29. The Hall–Kier alpha value is -3.19. The van der Waals surface area contributed by atoms with Gasteiger partial charge < -0.3 is 9.64 Å². The first-order valence-electron chi connectivity index (χ1n) is 9.16. The Labute approximate surface area is 171 Å². The number of anilines is 2. The van der Waals surface area contributed by atoms with Crippen LogP contribution in [-0.4, -0.2) is 30.2 Å². The number of rotatable bonds is 4. The predicted molar refractivity (Wildman–Crippen MR) is 106 cm³/mol. The third-order valence-electron chi connectivity index (χ3n) is 4.94. The Balaban J connectivity index is 1.45. The Kier molecular flexibility index (Phi) is 5.07. The molecule has 0 aliphatic carbocycles. The molecule has 2 fully saturated rings. The van der Waals surface area contributed by atoms with Gasteiger partial charge in [0.2, 0.25) is 17.7 Å². The average molecular weight is 413 g/mol. The van der Waals surface area contributed by atoms with Crippen LogP contribution in [0.3, 0.4) is 0 Å². The zero-order valence-corrected chi connectivity index (χ0v) is 16.1. The molecule has 4 rings (SSSR count). The molecule has 3 amide bonds. The first kappa shape index (κ1) is 19.1. The van der Waals surface area contributed by atoms with Crippen molar-refractivity contribution in [2.24, 2.45) is 5.92 Å². The van der Waals surface area contributed by atoms with Crippen molar-refractivity contribution in [3.63, 3.8) is 0 Å². The molecule has 2 saturated heterocycles. The number of ether oxygens (including phenoxy) is 1. The predicted octanol–water partition coefficient (Wildman–Crippen LogP) is 2.95. The second-order valence-electron chi connectivity index (χ2n) is 6.92. The van der Waals surface area contributed by atoms with Crippen LogP contribution in [0, 0.1) is 5.92 Å². The number of esters is 1. The topological polar surface area (TPSA) is 84.0 Å². The maximum absolute atomic E-state index is 12.6. The van der Waals surface area contributed by atoms with Gasteiger partial charge in [0.05, 0.1) is 11.6 Å². The number of amides is 3. The molecule has 7 nitrogen and oxygen atoms in total. The van der Waals surface area contributed by atoms with Crippen LogP contribution >= 0.6 is 11.6 Å². The minimum absolute atomic E-state index is 0.0459. The van der Waals surface area contributed by atoms with Crippen molar-refractivity contribution in [2.45, 2.75) is 19.3 Å². The molecule has 0 saturated carbocycles. The van der Waals surface area contributed by atoms with Crippen LogP contribution in [0.2, 0.25) is 5.02 Å². The monoisotopic (exact) mass is 412 g/mol. The molecule has 0 aromatic heterocycles. The second-order valence-corrected chi connectivity index (χ2v) is 7.36. The van der Waals surface area contributed by atoms with Crippen LogP contribution in [0.5, 0.6) is 5.75 Å². The fourth-order valence-electron chi connectivity index (χ4n) is 3.49. The van der Waals surface area contributed by atoms with Crippen LogP contribution in [0.25, 0.3) is 0 Å². The molecule has 0 N–H and O–H groups in total. The summed E-state index contributed by atoms with van der Waals surface area (Å²) in [4.78, 5) is 51.3. The van der Waals surface area contributed by atoms with E-state index in [2.05, 4.69) is 0 Å². The number of carbonyl (C=O) groups is 4. The maximum Gasteiger partial charge on any atom is 0.316 e. The van der Waals surface area contributed by atoms with Crippen molar-refractivity contribution in [1.82, 2.24) is 0 Å². The second kappa shape index (κ2) is 7.67. The van der Waals surface area contributed by atoms with Crippen LogP contribution in [-0.2, 0) is 19.2 Å². The van der Waals surface area contributed by atoms with E-state index in [0.717, 1.165) is 4.90 Å². The highest BCUT2D eigenvalue weighted by atomic mass is 35.5. The van der Waals surface area contributed by atoms with Gasteiger partial charge in [0.1, 0.15) is 5.75 Å². The zero-order chi connectivity index (χ0) is 20.5. The summed E-state index contributed by atoms with van der Waals surface area (Å²) in [6.45, 7) is 0.210. The molecule has 0 radical (unpaired) electrons. The lowest BCUT2D eigenvalue weighted by molar-refractivity contribution is -0.139. The lowest BCUT2D eigenvalue weighted by Gasteiger charge is -2.17. The largest absolute Gasteiger partial charge is 0.426 e. The molecule has 0 bridgehead atoms. The van der Waals surface area contributed by atoms with Crippen LogP contribution in [0.1, 0.15) is 19.3 Å². The summed E-state index contributed by atoms with van der Waals surface area (Å²) in [5.74, 6) is -1.66. The minimum Gasteiger partial charge on any atom is -0.426 e. The lowest BCUT2D eigenvalue weighted by atomic mass is 10.1. The van der Waals surface area contributed by atoms with E-state index in [1.165, 1.54) is 11.0 Å². The van der Waals surface area contributed by atoms with E-state index in [9.17, 15) is 19.2 Å². The fourth-order valence-corrected chi connectivity index (χ4v) is 3.61. The van der Waals surface area contributed by atoms with Crippen molar-refractivity contribution in [2.75, 3.05) is 16.3 Å². The van der Waals surface area contributed by atoms with Gasteiger partial charge in [0, 0.05) is 42.6 Å². The number of nitrogens with zero attached hydrogens (tertiary/aromatic N) is 2. The first-order chi connectivity index (χ1) is 13.9. The molecule has 2 heterocycles. The summed E-state index contributed by atoms with van der Waals surface area (Å²) >= 11 is 5.88. The van der Waals surface area contributed by atoms with E-state index in [-0.39, 0.29) is 49.3 Å². The highest BCUT2D eigenvalue weighted by Crippen LogP contribution is 2.29. The average Bonchev–Trinajstić information content (AvgIpc) is 3.25. The van der Waals surface area contributed by atoms with Crippen molar-refractivity contribution in [3.8, 4) is 5.75 Å². The molecular weight excluding hydrogens is 396 g/mol. The van der Waals surface area contributed by atoms with Crippen LogP contribution < -0.4 is 14.5 Å². The summed E-state index contributed by atoms with van der Waals surface area (Å²) in [6, 6.07) is 13.1. The summed E-state index contributed by atoms with van der Waals surface area (Å²) < 4.78 is 5.43. The molecule has 8 heteroatoms. The van der Waals surface area contributed by atoms with Gasteiger partial charge in [-0.15, -0.1) is 0 Å². The number of benzene rings is 2. The first-order valence-corrected chi connectivity index (χ1v) is 9.53. The van der Waals surface area contributed by atoms with Gasteiger partial charge >= 0.3 is 5.97 Å². The number of imide groups is 1. The maximum atomic E-state index is 12.6. The molecule has 1 atom stereocenters. The third kappa shape index (κ3) is 3.86. The molecule has 2 aromatic rings. The van der Waals surface area contributed by atoms with Crippen molar-refractivity contribution in [1.29, 1.82) is 0 Å². The van der Waals surface area contributed by atoms with Gasteiger partial charge in [-0.2, -0.15) is 0 Å². The molecule has 29 heavy (non-hydrogen) atoms. The summed E-state index contributed by atoms with van der Waals surface area (Å²) in [5.41, 5.74) is 1.04. The van der Waals surface area contributed by atoms with E-state index < -0.39 is 11.9 Å². The van der Waals surface area contributed by atoms with Crippen LogP contribution in [0.15, 0.2) is 48.5 Å². The Bertz CT molecular complexity index is 988. The molecule has 148 valence electrons. The molecule has 2 aliphatic rings. The van der Waals surface area contributed by atoms with Crippen LogP contribution in [0.4, 0.5) is 11.4 Å². The summed E-state index contributed by atoms with van der Waals surface area (Å²) in [6.07, 6.45) is 0.394. The number of hydrogen-bond donors (Lipinski definition) is 0. The SMILES string of the molecule is O=C(Oc1cccc(N2C(=O)CCC2=O)c1)[C@H]1CC(=O)N(c2ccc(Cl)cc2)C1. The highest BCUT2D eigenvalue weighted by Gasteiger charge is 2.36. The number of hydrogen-bond acceptors (Lipinski definition) is 5. The Morgan fingerprint density at radius 3 is 2.31 bits per heavy atom. The minimum atomic E-state index is -0.614. The number of carbonyl (C=O) groups excluding carboxylic acids is 4. The van der Waals surface area contributed by atoms with E-state index in [0.29, 0.717) is 16.4 Å². The Morgan fingerprint density at radius 1 is 0.931 bits per heavy atom. The summed E-state index contributed by atoms with van der Waals surface area (Å²) in [7, 11) is 0. The van der Waals surface area contributed by atoms with Crippen molar-refractivity contribution >= 4 is 46.7 Å². The smallest absolute Gasteiger partial charge is 0.316 e. The fraction of sp³-hybridized carbons (Fsp3) is 0.238. The van der Waals surface area contributed by atoms with Gasteiger partial charge in [-0.3, -0.25) is 24.1 Å². The molecule has 0 unspecified atom stereocenters. The molecule has 2 aromatic carbocycles. The number of halogens is 1. The Morgan fingerprint density at radius 2 is 1.62 bits per heavy atom. The van der Waals surface area contributed by atoms with Gasteiger partial charge in [-0.1, -0.05) is 17.7 Å². The van der Waals surface area contributed by atoms with Gasteiger partial charge in [-0.25, -0.2) is 0 Å². The van der Waals surface area contributed by atoms with E-state index in [1.807, 2.05) is 0 Å². The van der Waals surface area contributed by atoms with Crippen molar-refractivity contribution < 1.29 is 23.9 Å². The molecule has 2 aliphatic heterocycles. The van der Waals surface area contributed by atoms with Gasteiger partial charge in [0.25, 0.3) is 0 Å². The van der Waals surface area contributed by atoms with Gasteiger partial charge in [0.15, 0.2) is 0 Å². The summed E-state index contributed by atoms with van der Waals surface area (Å²) in [5, 5.41) is 0.561. The van der Waals surface area contributed by atoms with E-state index >= 15 is 0 Å². The zero-order valence-electron chi connectivity index (χ0n) is 15.3. The van der Waals surface area contributed by atoms with Gasteiger partial charge in [-0.05, 0) is 36.4 Å². The van der Waals surface area contributed by atoms with E-state index in [4.69, 9.17) is 16.3 Å². The normalized spacial score (nSPS) is 19.2. The highest BCUT2D eigenvalue weighted by molar-refractivity contribution is 6.30. The standard InChI is InChI=1S/C21H17ClN2O5/c22-14-4-6-15(7-5-14)23-12-13(10-20(23)27)21(28)29-17-3-1-2-16(11-17)24-18(25)8-9-19(24)26/h1-7,11,13H,8-10,12H2/t13-/m0/s1. The van der Waals surface area contributed by atoms with E-state index in [1.54, 1.807) is 42.5 Å². The molecular formula is C21H17ClN2O5. The molecule has 0 spiro atoms. The third-order valence-corrected chi connectivity index (χ3v) is 5.19. The van der Waals surface area contributed by atoms with Crippen molar-refractivity contribution in [3.05, 3.63) is 53.6 Å².